The topological polar surface area (TPSA) is 67.4 Å². The van der Waals surface area contributed by atoms with Crippen molar-refractivity contribution in [1.29, 1.82) is 0 Å². The van der Waals surface area contributed by atoms with Gasteiger partial charge in [0.05, 0.1) is 4.90 Å². The molecule has 0 atom stereocenters. The van der Waals surface area contributed by atoms with Gasteiger partial charge in [-0.05, 0) is 53.3 Å². The van der Waals surface area contributed by atoms with Gasteiger partial charge in [0.25, 0.3) is 0 Å². The monoisotopic (exact) mass is 366 g/mol. The molecule has 0 saturated carbocycles. The number of nitrogens with one attached hydrogen (secondary N) is 2. The van der Waals surface area contributed by atoms with E-state index in [0.717, 1.165) is 29.7 Å². The molecule has 7 heteroatoms. The van der Waals surface area contributed by atoms with Crippen LogP contribution in [0.4, 0.5) is 5.69 Å². The largest absolute Gasteiger partial charge is 0.388 e. The third-order valence-corrected chi connectivity index (χ3v) is 6.41. The third-order valence-electron chi connectivity index (χ3n) is 4.31. The van der Waals surface area contributed by atoms with Crippen molar-refractivity contribution in [3.8, 4) is 11.1 Å². The van der Waals surface area contributed by atoms with E-state index < -0.39 is 10.0 Å². The molecule has 1 fully saturated rings. The molecule has 0 spiro atoms. The summed E-state index contributed by atoms with van der Waals surface area (Å²) in [4.78, 5) is 0.290. The van der Waals surface area contributed by atoms with E-state index in [2.05, 4.69) is 10.0 Å². The van der Waals surface area contributed by atoms with Crippen LogP contribution in [0.25, 0.3) is 11.1 Å². The first-order valence-corrected chi connectivity index (χ1v) is 10.4. The molecule has 0 amide bonds. The Hall–Kier alpha value is -1.41. The lowest BCUT2D eigenvalue weighted by molar-refractivity contribution is 0.0678. The molecule has 2 heterocycles. The molecule has 5 nitrogen and oxygen atoms in total. The summed E-state index contributed by atoms with van der Waals surface area (Å²) >= 11 is 1.62. The van der Waals surface area contributed by atoms with Crippen molar-refractivity contribution >= 4 is 27.0 Å². The van der Waals surface area contributed by atoms with Gasteiger partial charge in [0.15, 0.2) is 0 Å². The second kappa shape index (κ2) is 7.65. The molecule has 1 aromatic carbocycles. The minimum Gasteiger partial charge on any atom is -0.388 e. The molecular formula is C17H22N2O3S2. The summed E-state index contributed by atoms with van der Waals surface area (Å²) in [6, 6.07) is 7.24. The maximum absolute atomic E-state index is 12.6. The van der Waals surface area contributed by atoms with Gasteiger partial charge in [0.2, 0.25) is 10.0 Å². The fourth-order valence-electron chi connectivity index (χ4n) is 2.83. The van der Waals surface area contributed by atoms with Gasteiger partial charge in [-0.2, -0.15) is 11.3 Å². The van der Waals surface area contributed by atoms with Crippen LogP contribution in [0.1, 0.15) is 12.8 Å². The van der Waals surface area contributed by atoms with Gasteiger partial charge in [0.1, 0.15) is 0 Å². The average molecular weight is 367 g/mol. The van der Waals surface area contributed by atoms with Crippen LogP contribution in [0.2, 0.25) is 0 Å². The van der Waals surface area contributed by atoms with Gasteiger partial charge in [-0.15, -0.1) is 0 Å². The highest BCUT2D eigenvalue weighted by atomic mass is 32.2. The quantitative estimate of drug-likeness (QED) is 0.824. The zero-order valence-electron chi connectivity index (χ0n) is 13.6. The Balaban J connectivity index is 1.77. The number of ether oxygens (including phenoxy) is 1. The predicted octanol–water partition coefficient (Wildman–Crippen LogP) is 3.16. The van der Waals surface area contributed by atoms with Crippen molar-refractivity contribution in [3.63, 3.8) is 0 Å². The van der Waals surface area contributed by atoms with Crippen molar-refractivity contribution in [2.24, 2.45) is 5.92 Å². The van der Waals surface area contributed by atoms with Crippen molar-refractivity contribution in [2.75, 3.05) is 32.1 Å². The lowest BCUT2D eigenvalue weighted by Crippen LogP contribution is -2.32. The fraction of sp³-hybridized carbons (Fsp3) is 0.412. The van der Waals surface area contributed by atoms with Crippen LogP contribution in [0.15, 0.2) is 39.9 Å². The second-order valence-electron chi connectivity index (χ2n) is 5.88. The average Bonchev–Trinajstić information content (AvgIpc) is 3.15. The molecule has 1 saturated heterocycles. The molecule has 1 aliphatic heterocycles. The Morgan fingerprint density at radius 1 is 1.25 bits per heavy atom. The summed E-state index contributed by atoms with van der Waals surface area (Å²) in [7, 11) is -1.70. The molecular weight excluding hydrogens is 344 g/mol. The highest BCUT2D eigenvalue weighted by Crippen LogP contribution is 2.31. The van der Waals surface area contributed by atoms with Gasteiger partial charge in [-0.3, -0.25) is 0 Å². The first kappa shape index (κ1) is 17.4. The Labute approximate surface area is 147 Å². The summed E-state index contributed by atoms with van der Waals surface area (Å²) in [6.07, 6.45) is 1.81. The van der Waals surface area contributed by atoms with Gasteiger partial charge >= 0.3 is 0 Å². The van der Waals surface area contributed by atoms with E-state index in [-0.39, 0.29) is 4.90 Å². The Morgan fingerprint density at radius 2 is 2.04 bits per heavy atom. The van der Waals surface area contributed by atoms with E-state index >= 15 is 0 Å². The Bertz CT molecular complexity index is 767. The first-order valence-electron chi connectivity index (χ1n) is 8.02. The number of benzene rings is 1. The molecule has 0 radical (unpaired) electrons. The van der Waals surface area contributed by atoms with Crippen LogP contribution >= 0.6 is 11.3 Å². The molecule has 1 aliphatic rings. The standard InChI is InChI=1S/C17H22N2O3S2/c1-18-17-10-15(2-3-16(17)14-6-9-23-12-14)24(20,21)19-11-13-4-7-22-8-5-13/h2-3,6,9-10,12-13,18-19H,4-5,7-8,11H2,1H3. The molecule has 2 N–H and O–H groups in total. The Morgan fingerprint density at radius 3 is 2.71 bits per heavy atom. The number of sulfonamides is 1. The maximum atomic E-state index is 12.6. The number of hydrogen-bond donors (Lipinski definition) is 2. The lowest BCUT2D eigenvalue weighted by Gasteiger charge is -2.22. The molecule has 130 valence electrons. The lowest BCUT2D eigenvalue weighted by atomic mass is 10.0. The normalized spacial score (nSPS) is 16.2. The van der Waals surface area contributed by atoms with Crippen LogP contribution in [0.5, 0.6) is 0 Å². The smallest absolute Gasteiger partial charge is 0.240 e. The first-order chi connectivity index (χ1) is 11.6. The van der Waals surface area contributed by atoms with Crippen LogP contribution in [-0.2, 0) is 14.8 Å². The highest BCUT2D eigenvalue weighted by molar-refractivity contribution is 7.89. The van der Waals surface area contributed by atoms with E-state index in [1.807, 2.05) is 22.9 Å². The van der Waals surface area contributed by atoms with Crippen LogP contribution in [0.3, 0.4) is 0 Å². The molecule has 0 aliphatic carbocycles. The van der Waals surface area contributed by atoms with Crippen molar-refractivity contribution in [3.05, 3.63) is 35.0 Å². The Kier molecular flexibility index (Phi) is 5.55. The second-order valence-corrected chi connectivity index (χ2v) is 8.42. The van der Waals surface area contributed by atoms with Gasteiger partial charge < -0.3 is 10.1 Å². The minimum atomic E-state index is -3.51. The zero-order chi connectivity index (χ0) is 17.0. The zero-order valence-corrected chi connectivity index (χ0v) is 15.3. The van der Waals surface area contributed by atoms with Crippen LogP contribution in [-0.4, -0.2) is 35.2 Å². The summed E-state index contributed by atoms with van der Waals surface area (Å²) in [5, 5.41) is 7.16. The predicted molar refractivity (Wildman–Crippen MR) is 98.0 cm³/mol. The van der Waals surface area contributed by atoms with E-state index in [1.165, 1.54) is 0 Å². The molecule has 2 aromatic rings. The SMILES string of the molecule is CNc1cc(S(=O)(=O)NCC2CCOCC2)ccc1-c1ccsc1. The third kappa shape index (κ3) is 3.97. The number of rotatable bonds is 6. The van der Waals surface area contributed by atoms with Gasteiger partial charge in [0, 0.05) is 38.1 Å². The summed E-state index contributed by atoms with van der Waals surface area (Å²) in [6.45, 7) is 1.89. The van der Waals surface area contributed by atoms with E-state index in [9.17, 15) is 8.42 Å². The van der Waals surface area contributed by atoms with Crippen molar-refractivity contribution in [1.82, 2.24) is 4.72 Å². The van der Waals surface area contributed by atoms with E-state index in [1.54, 1.807) is 30.5 Å². The number of thiophene rings is 1. The number of hydrogen-bond acceptors (Lipinski definition) is 5. The van der Waals surface area contributed by atoms with E-state index in [4.69, 9.17) is 4.74 Å². The summed E-state index contributed by atoms with van der Waals surface area (Å²) in [5.41, 5.74) is 2.90. The van der Waals surface area contributed by atoms with E-state index in [0.29, 0.717) is 25.7 Å². The van der Waals surface area contributed by atoms with Crippen molar-refractivity contribution in [2.45, 2.75) is 17.7 Å². The maximum Gasteiger partial charge on any atom is 0.240 e. The van der Waals surface area contributed by atoms with Gasteiger partial charge in [-0.1, -0.05) is 6.07 Å². The summed E-state index contributed by atoms with van der Waals surface area (Å²) < 4.78 is 33.2. The number of anilines is 1. The highest BCUT2D eigenvalue weighted by Gasteiger charge is 2.20. The van der Waals surface area contributed by atoms with Crippen LogP contribution < -0.4 is 10.0 Å². The van der Waals surface area contributed by atoms with Crippen LogP contribution in [0, 0.1) is 5.92 Å². The van der Waals surface area contributed by atoms with Crippen molar-refractivity contribution < 1.29 is 13.2 Å². The molecule has 0 bridgehead atoms. The molecule has 3 rings (SSSR count). The molecule has 24 heavy (non-hydrogen) atoms. The van der Waals surface area contributed by atoms with Gasteiger partial charge in [-0.25, -0.2) is 13.1 Å². The molecule has 1 aromatic heterocycles. The summed E-state index contributed by atoms with van der Waals surface area (Å²) in [5.74, 6) is 0.349. The molecule has 0 unspecified atom stereocenters. The fourth-order valence-corrected chi connectivity index (χ4v) is 4.63. The minimum absolute atomic E-state index is 0.290.